The second-order valence-electron chi connectivity index (χ2n) is 3.42. The molecule has 1 aromatic carbocycles. The molecule has 2 rings (SSSR count). The molecule has 68 valence electrons. The summed E-state index contributed by atoms with van der Waals surface area (Å²) in [5.41, 5.74) is 2.86. The van der Waals surface area contributed by atoms with E-state index in [1.807, 2.05) is 13.0 Å². The molecule has 3 heteroatoms. The van der Waals surface area contributed by atoms with Crippen LogP contribution in [0.1, 0.15) is 21.5 Å². The minimum Gasteiger partial charge on any atom is -0.337 e. The maximum atomic E-state index is 11.5. The van der Waals surface area contributed by atoms with E-state index < -0.39 is 0 Å². The molecular formula is C10H10ClNO. The molecule has 2 nitrogen and oxygen atoms in total. The summed E-state index contributed by atoms with van der Waals surface area (Å²) in [4.78, 5) is 13.2. The molecule has 0 fully saturated rings. The lowest BCUT2D eigenvalue weighted by Gasteiger charge is -2.04. The van der Waals surface area contributed by atoms with Crippen LogP contribution in [0.2, 0.25) is 5.02 Å². The van der Waals surface area contributed by atoms with Crippen molar-refractivity contribution in [3.05, 3.63) is 33.8 Å². The van der Waals surface area contributed by atoms with Gasteiger partial charge in [-0.3, -0.25) is 4.79 Å². The van der Waals surface area contributed by atoms with Crippen molar-refractivity contribution in [2.24, 2.45) is 0 Å². The summed E-state index contributed by atoms with van der Waals surface area (Å²) in [5.74, 6) is 0.0666. The number of carbonyl (C=O) groups excluding carboxylic acids is 1. The van der Waals surface area contributed by atoms with Gasteiger partial charge in [0.25, 0.3) is 5.91 Å². The van der Waals surface area contributed by atoms with Crippen LogP contribution in [0.15, 0.2) is 12.1 Å². The first-order chi connectivity index (χ1) is 6.09. The number of halogens is 1. The number of fused-ring (bicyclic) bond motifs is 1. The Morgan fingerprint density at radius 3 is 2.85 bits per heavy atom. The van der Waals surface area contributed by atoms with Gasteiger partial charge in [0.2, 0.25) is 0 Å². The fraction of sp³-hybridized carbons (Fsp3) is 0.300. The smallest absolute Gasteiger partial charge is 0.254 e. The van der Waals surface area contributed by atoms with Gasteiger partial charge in [0.1, 0.15) is 0 Å². The highest BCUT2D eigenvalue weighted by molar-refractivity contribution is 6.31. The van der Waals surface area contributed by atoms with Crippen molar-refractivity contribution in [1.82, 2.24) is 4.90 Å². The van der Waals surface area contributed by atoms with Crippen LogP contribution in [0.25, 0.3) is 0 Å². The summed E-state index contributed by atoms with van der Waals surface area (Å²) in [6, 6.07) is 3.75. The molecule has 0 N–H and O–H groups in total. The third-order valence-corrected chi connectivity index (χ3v) is 2.78. The average Bonchev–Trinajstić information content (AvgIpc) is 2.32. The van der Waals surface area contributed by atoms with Crippen molar-refractivity contribution in [2.75, 3.05) is 7.05 Å². The lowest BCUT2D eigenvalue weighted by Crippen LogP contribution is -2.17. The molecule has 1 heterocycles. The summed E-state index contributed by atoms with van der Waals surface area (Å²) in [6.07, 6.45) is 0. The highest BCUT2D eigenvalue weighted by Crippen LogP contribution is 2.27. The first-order valence-corrected chi connectivity index (χ1v) is 4.52. The summed E-state index contributed by atoms with van der Waals surface area (Å²) in [7, 11) is 1.80. The predicted molar refractivity (Wildman–Crippen MR) is 52.0 cm³/mol. The highest BCUT2D eigenvalue weighted by Gasteiger charge is 2.24. The van der Waals surface area contributed by atoms with Crippen molar-refractivity contribution >= 4 is 17.5 Å². The monoisotopic (exact) mass is 195 g/mol. The Labute approximate surface area is 82.1 Å². The van der Waals surface area contributed by atoms with Gasteiger partial charge in [0.05, 0.1) is 0 Å². The van der Waals surface area contributed by atoms with E-state index >= 15 is 0 Å². The van der Waals surface area contributed by atoms with E-state index in [2.05, 4.69) is 0 Å². The lowest BCUT2D eigenvalue weighted by atomic mass is 10.1. The van der Waals surface area contributed by atoms with Gasteiger partial charge in [0, 0.05) is 24.2 Å². The van der Waals surface area contributed by atoms with Crippen LogP contribution >= 0.6 is 11.6 Å². The van der Waals surface area contributed by atoms with Gasteiger partial charge in [-0.25, -0.2) is 0 Å². The molecule has 1 amide bonds. The summed E-state index contributed by atoms with van der Waals surface area (Å²) in [5, 5.41) is 0.669. The molecule has 0 atom stereocenters. The van der Waals surface area contributed by atoms with Gasteiger partial charge in [-0.15, -0.1) is 0 Å². The summed E-state index contributed by atoms with van der Waals surface area (Å²) < 4.78 is 0. The molecule has 0 saturated carbocycles. The maximum absolute atomic E-state index is 11.5. The number of rotatable bonds is 0. The number of amides is 1. The fourth-order valence-corrected chi connectivity index (χ4v) is 1.77. The van der Waals surface area contributed by atoms with Gasteiger partial charge in [-0.1, -0.05) is 17.7 Å². The summed E-state index contributed by atoms with van der Waals surface area (Å²) >= 11 is 5.93. The molecule has 1 aromatic rings. The molecule has 0 radical (unpaired) electrons. The van der Waals surface area contributed by atoms with Crippen LogP contribution in [0.3, 0.4) is 0 Å². The Bertz CT molecular complexity index is 387. The van der Waals surface area contributed by atoms with Crippen molar-refractivity contribution in [3.63, 3.8) is 0 Å². The number of carbonyl (C=O) groups is 1. The first kappa shape index (κ1) is 8.57. The molecule has 13 heavy (non-hydrogen) atoms. The molecule has 0 saturated heterocycles. The van der Waals surface area contributed by atoms with E-state index in [0.29, 0.717) is 11.6 Å². The molecule has 0 unspecified atom stereocenters. The molecular weight excluding hydrogens is 186 g/mol. The lowest BCUT2D eigenvalue weighted by molar-refractivity contribution is 0.0816. The Morgan fingerprint density at radius 2 is 2.15 bits per heavy atom. The molecule has 1 aliphatic rings. The molecule has 1 aliphatic heterocycles. The van der Waals surface area contributed by atoms with E-state index in [4.69, 9.17) is 11.6 Å². The van der Waals surface area contributed by atoms with Crippen LogP contribution < -0.4 is 0 Å². The number of hydrogen-bond acceptors (Lipinski definition) is 1. The third-order valence-electron chi connectivity index (χ3n) is 2.37. The second kappa shape index (κ2) is 2.74. The SMILES string of the molecule is Cc1cc2c(cc1Cl)C(=O)N(C)C2. The van der Waals surface area contributed by atoms with Crippen molar-refractivity contribution < 1.29 is 4.79 Å². The van der Waals surface area contributed by atoms with Gasteiger partial charge < -0.3 is 4.90 Å². The Hall–Kier alpha value is -1.02. The zero-order valence-electron chi connectivity index (χ0n) is 7.60. The Kier molecular flexibility index (Phi) is 1.81. The second-order valence-corrected chi connectivity index (χ2v) is 3.83. The van der Waals surface area contributed by atoms with E-state index in [1.165, 1.54) is 0 Å². The standard InChI is InChI=1S/C10H10ClNO/c1-6-3-7-5-12(2)10(13)8(7)4-9(6)11/h3-4H,5H2,1-2H3. The highest BCUT2D eigenvalue weighted by atomic mass is 35.5. The Morgan fingerprint density at radius 1 is 1.46 bits per heavy atom. The van der Waals surface area contributed by atoms with E-state index in [0.717, 1.165) is 16.7 Å². The maximum Gasteiger partial charge on any atom is 0.254 e. The minimum absolute atomic E-state index is 0.0666. The quantitative estimate of drug-likeness (QED) is 0.622. The van der Waals surface area contributed by atoms with Gasteiger partial charge in [-0.05, 0) is 24.1 Å². The Balaban J connectivity index is 2.59. The number of nitrogens with zero attached hydrogens (tertiary/aromatic N) is 1. The van der Waals surface area contributed by atoms with Crippen LogP contribution in [0, 0.1) is 6.92 Å². The van der Waals surface area contributed by atoms with Crippen molar-refractivity contribution in [2.45, 2.75) is 13.5 Å². The topological polar surface area (TPSA) is 20.3 Å². The molecule has 0 aliphatic carbocycles. The van der Waals surface area contributed by atoms with Crippen LogP contribution in [-0.4, -0.2) is 17.9 Å². The zero-order valence-corrected chi connectivity index (χ0v) is 8.35. The number of benzene rings is 1. The third kappa shape index (κ3) is 1.22. The van der Waals surface area contributed by atoms with Gasteiger partial charge >= 0.3 is 0 Å². The zero-order chi connectivity index (χ0) is 9.59. The van der Waals surface area contributed by atoms with E-state index in [-0.39, 0.29) is 5.91 Å². The number of aryl methyl sites for hydroxylation is 1. The van der Waals surface area contributed by atoms with Gasteiger partial charge in [-0.2, -0.15) is 0 Å². The number of hydrogen-bond donors (Lipinski definition) is 0. The minimum atomic E-state index is 0.0666. The molecule has 0 spiro atoms. The van der Waals surface area contributed by atoms with Crippen LogP contribution in [0.5, 0.6) is 0 Å². The largest absolute Gasteiger partial charge is 0.337 e. The first-order valence-electron chi connectivity index (χ1n) is 4.14. The van der Waals surface area contributed by atoms with E-state index in [1.54, 1.807) is 18.0 Å². The van der Waals surface area contributed by atoms with Crippen LogP contribution in [0.4, 0.5) is 0 Å². The molecule has 0 bridgehead atoms. The normalized spacial score (nSPS) is 15.0. The van der Waals surface area contributed by atoms with E-state index in [9.17, 15) is 4.79 Å². The molecule has 0 aromatic heterocycles. The van der Waals surface area contributed by atoms with Gasteiger partial charge in [0.15, 0.2) is 0 Å². The fourth-order valence-electron chi connectivity index (χ4n) is 1.60. The van der Waals surface area contributed by atoms with Crippen LogP contribution in [-0.2, 0) is 6.54 Å². The van der Waals surface area contributed by atoms with Crippen molar-refractivity contribution in [1.29, 1.82) is 0 Å². The van der Waals surface area contributed by atoms with Crippen molar-refractivity contribution in [3.8, 4) is 0 Å². The predicted octanol–water partition coefficient (Wildman–Crippen LogP) is 2.23. The summed E-state index contributed by atoms with van der Waals surface area (Å²) in [6.45, 7) is 2.65. The average molecular weight is 196 g/mol.